The normalized spacial score (nSPS) is 20.8. The molecule has 1 aliphatic carbocycles. The summed E-state index contributed by atoms with van der Waals surface area (Å²) in [4.78, 5) is 14.8. The summed E-state index contributed by atoms with van der Waals surface area (Å²) in [6.07, 6.45) is 6.31. The van der Waals surface area contributed by atoms with Gasteiger partial charge in [0.1, 0.15) is 6.61 Å². The van der Waals surface area contributed by atoms with Crippen molar-refractivity contribution in [2.75, 3.05) is 36.5 Å². The minimum absolute atomic E-state index is 0.000676. The van der Waals surface area contributed by atoms with Crippen LogP contribution in [0.15, 0.2) is 42.5 Å². The van der Waals surface area contributed by atoms with E-state index in [1.165, 1.54) is 11.3 Å². The number of nitrogens with zero attached hydrogens (tertiary/aromatic N) is 2. The molecule has 1 heterocycles. The smallest absolute Gasteiger partial charge is 0.246 e. The zero-order valence-corrected chi connectivity index (χ0v) is 21.1. The van der Waals surface area contributed by atoms with Crippen LogP contribution in [0.2, 0.25) is 0 Å². The second-order valence-corrected chi connectivity index (χ2v) is 10.1. The van der Waals surface area contributed by atoms with E-state index in [4.69, 9.17) is 10.00 Å². The number of carbonyl (C=O) groups is 1. The molecule has 1 saturated heterocycles. The van der Waals surface area contributed by atoms with E-state index in [9.17, 15) is 4.79 Å². The number of rotatable bonds is 8. The van der Waals surface area contributed by atoms with Crippen molar-refractivity contribution in [2.24, 2.45) is 5.92 Å². The fourth-order valence-corrected chi connectivity index (χ4v) is 5.14. The van der Waals surface area contributed by atoms with E-state index in [0.29, 0.717) is 12.0 Å². The first-order chi connectivity index (χ1) is 17.0. The predicted molar refractivity (Wildman–Crippen MR) is 141 cm³/mol. The van der Waals surface area contributed by atoms with Crippen LogP contribution in [-0.2, 0) is 9.53 Å². The second-order valence-electron chi connectivity index (χ2n) is 10.1. The number of aryl methyl sites for hydroxylation is 2. The molecular weight excluding hydrogens is 436 g/mol. The number of anilines is 2. The number of nitrogens with one attached hydrogen (secondary N) is 2. The molecule has 2 aromatic carbocycles. The summed E-state index contributed by atoms with van der Waals surface area (Å²) < 4.78 is 5.93. The minimum atomic E-state index is -0.000676. The number of carbonyl (C=O) groups excluding carboxylic acids is 1. The summed E-state index contributed by atoms with van der Waals surface area (Å²) in [5.74, 6) is 0.535. The Labute approximate surface area is 209 Å². The van der Waals surface area contributed by atoms with Gasteiger partial charge in [0.15, 0.2) is 0 Å². The molecule has 2 aliphatic rings. The molecule has 2 fully saturated rings. The minimum Gasteiger partial charge on any atom is -0.382 e. The molecular formula is C29H38N4O2. The lowest BCUT2D eigenvalue weighted by Gasteiger charge is -2.34. The van der Waals surface area contributed by atoms with Gasteiger partial charge in [-0.25, -0.2) is 0 Å². The molecule has 1 saturated carbocycles. The Kier molecular flexibility index (Phi) is 8.65. The molecule has 1 aliphatic heterocycles. The highest BCUT2D eigenvalue weighted by Gasteiger charge is 2.23. The highest BCUT2D eigenvalue weighted by molar-refractivity contribution is 5.77. The monoisotopic (exact) mass is 474 g/mol. The molecule has 1 amide bonds. The Bertz CT molecular complexity index is 1010. The average Bonchev–Trinajstić information content (AvgIpc) is 2.88. The lowest BCUT2D eigenvalue weighted by molar-refractivity contribution is -0.128. The van der Waals surface area contributed by atoms with Gasteiger partial charge < -0.3 is 20.3 Å². The van der Waals surface area contributed by atoms with Crippen LogP contribution in [-0.4, -0.2) is 44.3 Å². The molecule has 0 radical (unpaired) electrons. The number of nitriles is 1. The third-order valence-corrected chi connectivity index (χ3v) is 7.44. The van der Waals surface area contributed by atoms with Gasteiger partial charge in [-0.3, -0.25) is 4.79 Å². The van der Waals surface area contributed by atoms with Crippen molar-refractivity contribution in [1.29, 1.82) is 5.26 Å². The van der Waals surface area contributed by atoms with Crippen LogP contribution in [0.4, 0.5) is 11.4 Å². The predicted octanol–water partition coefficient (Wildman–Crippen LogP) is 4.95. The van der Waals surface area contributed by atoms with Gasteiger partial charge in [0.05, 0.1) is 17.7 Å². The zero-order chi connectivity index (χ0) is 24.6. The molecule has 0 aromatic heterocycles. The van der Waals surface area contributed by atoms with Gasteiger partial charge in [-0.2, -0.15) is 5.26 Å². The number of piperidine rings is 1. The highest BCUT2D eigenvalue weighted by atomic mass is 16.5. The van der Waals surface area contributed by atoms with Crippen LogP contribution in [0.5, 0.6) is 0 Å². The summed E-state index contributed by atoms with van der Waals surface area (Å²) in [5.41, 5.74) is 5.37. The van der Waals surface area contributed by atoms with Crippen molar-refractivity contribution in [2.45, 2.75) is 64.5 Å². The Morgan fingerprint density at radius 2 is 1.74 bits per heavy atom. The third-order valence-electron chi connectivity index (χ3n) is 7.44. The molecule has 6 heteroatoms. The van der Waals surface area contributed by atoms with Crippen molar-refractivity contribution < 1.29 is 9.53 Å². The van der Waals surface area contributed by atoms with E-state index in [0.717, 1.165) is 75.0 Å². The van der Waals surface area contributed by atoms with Gasteiger partial charge in [0.2, 0.25) is 5.91 Å². The van der Waals surface area contributed by atoms with E-state index in [-0.39, 0.29) is 18.6 Å². The van der Waals surface area contributed by atoms with Crippen molar-refractivity contribution in [3.05, 3.63) is 59.2 Å². The van der Waals surface area contributed by atoms with Gasteiger partial charge >= 0.3 is 0 Å². The Balaban J connectivity index is 1.09. The molecule has 186 valence electrons. The Morgan fingerprint density at radius 3 is 2.40 bits per heavy atom. The molecule has 6 nitrogen and oxygen atoms in total. The molecule has 0 bridgehead atoms. The first-order valence-electron chi connectivity index (χ1n) is 13.0. The van der Waals surface area contributed by atoms with E-state index in [2.05, 4.69) is 52.8 Å². The standard InChI is InChI=1S/C29H38N4O2/c1-21-3-9-27(10-4-21)33-15-13-23(14-16-33)19-31-29(34)20-35-28-11-7-25(8-12-28)32-26-6-5-24(18-30)22(2)17-26/h3-6,9-10,17,23,25,28,32H,7-8,11-16,19-20H2,1-2H3,(H,31,34). The van der Waals surface area contributed by atoms with Crippen molar-refractivity contribution in [1.82, 2.24) is 5.32 Å². The average molecular weight is 475 g/mol. The van der Waals surface area contributed by atoms with Gasteiger partial charge in [-0.1, -0.05) is 17.7 Å². The lowest BCUT2D eigenvalue weighted by atomic mass is 9.92. The summed E-state index contributed by atoms with van der Waals surface area (Å²) in [7, 11) is 0. The first-order valence-corrected chi connectivity index (χ1v) is 13.0. The van der Waals surface area contributed by atoms with E-state index >= 15 is 0 Å². The van der Waals surface area contributed by atoms with Crippen LogP contribution >= 0.6 is 0 Å². The topological polar surface area (TPSA) is 77.4 Å². The van der Waals surface area contributed by atoms with Crippen LogP contribution in [0.3, 0.4) is 0 Å². The van der Waals surface area contributed by atoms with Gasteiger partial charge in [-0.15, -0.1) is 0 Å². The summed E-state index contributed by atoms with van der Waals surface area (Å²) in [6, 6.07) is 17.2. The number of hydrogen-bond acceptors (Lipinski definition) is 5. The maximum atomic E-state index is 12.4. The van der Waals surface area contributed by atoms with Crippen molar-refractivity contribution in [3.63, 3.8) is 0 Å². The maximum absolute atomic E-state index is 12.4. The summed E-state index contributed by atoms with van der Waals surface area (Å²) in [6.45, 7) is 7.06. The molecule has 0 spiro atoms. The van der Waals surface area contributed by atoms with Crippen LogP contribution < -0.4 is 15.5 Å². The van der Waals surface area contributed by atoms with E-state index in [1.807, 2.05) is 25.1 Å². The Hall–Kier alpha value is -3.04. The van der Waals surface area contributed by atoms with Gasteiger partial charge in [0.25, 0.3) is 0 Å². The second kappa shape index (κ2) is 12.1. The van der Waals surface area contributed by atoms with Crippen molar-refractivity contribution in [3.8, 4) is 6.07 Å². The molecule has 35 heavy (non-hydrogen) atoms. The van der Waals surface area contributed by atoms with E-state index in [1.54, 1.807) is 0 Å². The fraction of sp³-hybridized carbons (Fsp3) is 0.517. The number of benzene rings is 2. The molecule has 0 unspecified atom stereocenters. The zero-order valence-electron chi connectivity index (χ0n) is 21.1. The van der Waals surface area contributed by atoms with Gasteiger partial charge in [-0.05, 0) is 94.2 Å². The van der Waals surface area contributed by atoms with E-state index < -0.39 is 0 Å². The number of amides is 1. The number of ether oxygens (including phenoxy) is 1. The molecule has 2 aromatic rings. The molecule has 4 rings (SSSR count). The highest BCUT2D eigenvalue weighted by Crippen LogP contribution is 2.26. The molecule has 2 N–H and O–H groups in total. The third kappa shape index (κ3) is 7.22. The quantitative estimate of drug-likeness (QED) is 0.566. The largest absolute Gasteiger partial charge is 0.382 e. The summed E-state index contributed by atoms with van der Waals surface area (Å²) >= 11 is 0. The Morgan fingerprint density at radius 1 is 1.03 bits per heavy atom. The number of hydrogen-bond donors (Lipinski definition) is 2. The van der Waals surface area contributed by atoms with Crippen LogP contribution in [0.1, 0.15) is 55.2 Å². The van der Waals surface area contributed by atoms with Crippen LogP contribution in [0, 0.1) is 31.1 Å². The summed E-state index contributed by atoms with van der Waals surface area (Å²) in [5, 5.41) is 15.8. The van der Waals surface area contributed by atoms with Crippen molar-refractivity contribution >= 4 is 17.3 Å². The molecule has 0 atom stereocenters. The fourth-order valence-electron chi connectivity index (χ4n) is 5.14. The maximum Gasteiger partial charge on any atom is 0.246 e. The van der Waals surface area contributed by atoms with Gasteiger partial charge in [0, 0.05) is 37.1 Å². The first kappa shape index (κ1) is 25.1. The SMILES string of the molecule is Cc1ccc(N2CCC(CNC(=O)COC3CCC(Nc4ccc(C#N)c(C)c4)CC3)CC2)cc1. The lowest BCUT2D eigenvalue weighted by Crippen LogP contribution is -2.40. The van der Waals surface area contributed by atoms with Crippen LogP contribution in [0.25, 0.3) is 0 Å².